The van der Waals surface area contributed by atoms with Crippen molar-refractivity contribution in [2.75, 3.05) is 13.1 Å². The van der Waals surface area contributed by atoms with Crippen LogP contribution in [0.5, 0.6) is 0 Å². The van der Waals surface area contributed by atoms with Crippen LogP contribution in [0.3, 0.4) is 0 Å². The second kappa shape index (κ2) is 8.17. The van der Waals surface area contributed by atoms with Crippen LogP contribution in [0.25, 0.3) is 0 Å². The van der Waals surface area contributed by atoms with Gasteiger partial charge in [-0.05, 0) is 39.2 Å². The molecule has 126 valence electrons. The summed E-state index contributed by atoms with van der Waals surface area (Å²) in [5.41, 5.74) is 1.26. The average molecular weight is 310 g/mol. The Kier molecular flexibility index (Phi) is 6.87. The summed E-state index contributed by atoms with van der Waals surface area (Å²) in [7, 11) is 0. The van der Waals surface area contributed by atoms with Crippen LogP contribution in [0.1, 0.15) is 45.0 Å². The van der Waals surface area contributed by atoms with Gasteiger partial charge >= 0.3 is 6.03 Å². The first-order valence-electron chi connectivity index (χ1n) is 8.01. The van der Waals surface area contributed by atoms with Gasteiger partial charge in [0.15, 0.2) is 0 Å². The summed E-state index contributed by atoms with van der Waals surface area (Å²) in [5.74, 6) is 0.138. The Balaban J connectivity index is 2.22. The Bertz CT molecular complexity index is 482. The fraction of sp³-hybridized carbons (Fsp3) is 0.750. The molecule has 0 aliphatic rings. The van der Waals surface area contributed by atoms with Crippen LogP contribution in [-0.4, -0.2) is 39.6 Å². The zero-order valence-corrected chi connectivity index (χ0v) is 14.4. The largest absolute Gasteiger partial charge is 0.388 e. The molecule has 1 heterocycles. The number of hydrogen-bond donors (Lipinski definition) is 3. The number of nitrogens with zero attached hydrogens (tertiary/aromatic N) is 2. The number of carbonyl (C=O) groups excluding carboxylic acids is 1. The fourth-order valence-corrected chi connectivity index (χ4v) is 2.27. The van der Waals surface area contributed by atoms with Crippen molar-refractivity contribution in [2.45, 2.75) is 59.6 Å². The summed E-state index contributed by atoms with van der Waals surface area (Å²) in [6.45, 7) is 11.4. The first-order valence-corrected chi connectivity index (χ1v) is 8.01. The second-order valence-electron chi connectivity index (χ2n) is 6.28. The standard InChI is InChI=1S/C16H30N4O2/c1-6-12(2)16(5,22)11-18-15(21)17-8-7-9-20-14(4)10-13(3)19-20/h10,12,22H,6-9,11H2,1-5H3,(H2,17,18,21). The van der Waals surface area contributed by atoms with E-state index in [-0.39, 0.29) is 18.5 Å². The first-order chi connectivity index (χ1) is 10.3. The third-order valence-electron chi connectivity index (χ3n) is 4.22. The molecule has 22 heavy (non-hydrogen) atoms. The number of nitrogens with one attached hydrogen (secondary N) is 2. The topological polar surface area (TPSA) is 79.2 Å². The fourth-order valence-electron chi connectivity index (χ4n) is 2.27. The second-order valence-corrected chi connectivity index (χ2v) is 6.28. The predicted octanol–water partition coefficient (Wildman–Crippen LogP) is 1.99. The van der Waals surface area contributed by atoms with E-state index in [0.717, 1.165) is 30.8 Å². The molecule has 1 aromatic heterocycles. The van der Waals surface area contributed by atoms with Crippen LogP contribution < -0.4 is 10.6 Å². The zero-order chi connectivity index (χ0) is 16.8. The van der Waals surface area contributed by atoms with E-state index in [1.807, 2.05) is 38.4 Å². The van der Waals surface area contributed by atoms with Gasteiger partial charge in [-0.3, -0.25) is 4.68 Å². The Hall–Kier alpha value is -1.56. The van der Waals surface area contributed by atoms with E-state index >= 15 is 0 Å². The highest BCUT2D eigenvalue weighted by Gasteiger charge is 2.27. The normalized spacial score (nSPS) is 15.2. The highest BCUT2D eigenvalue weighted by atomic mass is 16.3. The molecule has 6 nitrogen and oxygen atoms in total. The van der Waals surface area contributed by atoms with Gasteiger partial charge in [-0.15, -0.1) is 0 Å². The molecule has 1 rings (SSSR count). The predicted molar refractivity (Wildman–Crippen MR) is 87.8 cm³/mol. The lowest BCUT2D eigenvalue weighted by atomic mass is 9.89. The Morgan fingerprint density at radius 3 is 2.68 bits per heavy atom. The van der Waals surface area contributed by atoms with Crippen molar-refractivity contribution in [1.29, 1.82) is 0 Å². The van der Waals surface area contributed by atoms with E-state index in [1.165, 1.54) is 0 Å². The summed E-state index contributed by atoms with van der Waals surface area (Å²) in [5, 5.41) is 20.1. The highest BCUT2D eigenvalue weighted by molar-refractivity contribution is 5.73. The quantitative estimate of drug-likeness (QED) is 0.642. The number of aliphatic hydroxyl groups is 1. The summed E-state index contributed by atoms with van der Waals surface area (Å²) in [6.07, 6.45) is 1.69. The summed E-state index contributed by atoms with van der Waals surface area (Å²) >= 11 is 0. The Morgan fingerprint density at radius 2 is 2.14 bits per heavy atom. The van der Waals surface area contributed by atoms with Gasteiger partial charge in [0.2, 0.25) is 0 Å². The third-order valence-corrected chi connectivity index (χ3v) is 4.22. The minimum Gasteiger partial charge on any atom is -0.388 e. The summed E-state index contributed by atoms with van der Waals surface area (Å²) in [4.78, 5) is 11.7. The van der Waals surface area contributed by atoms with Gasteiger partial charge in [0, 0.05) is 25.3 Å². The van der Waals surface area contributed by atoms with E-state index < -0.39 is 5.60 Å². The van der Waals surface area contributed by atoms with E-state index in [1.54, 1.807) is 6.92 Å². The van der Waals surface area contributed by atoms with E-state index in [0.29, 0.717) is 6.54 Å². The van der Waals surface area contributed by atoms with Gasteiger partial charge < -0.3 is 15.7 Å². The molecule has 0 radical (unpaired) electrons. The van der Waals surface area contributed by atoms with Crippen LogP contribution in [0.2, 0.25) is 0 Å². The lowest BCUT2D eigenvalue weighted by Gasteiger charge is -2.29. The lowest BCUT2D eigenvalue weighted by Crippen LogP contribution is -2.48. The molecule has 2 atom stereocenters. The van der Waals surface area contributed by atoms with Gasteiger partial charge in [-0.2, -0.15) is 5.10 Å². The van der Waals surface area contributed by atoms with Crippen molar-refractivity contribution in [3.63, 3.8) is 0 Å². The molecule has 2 amide bonds. The van der Waals surface area contributed by atoms with E-state index in [9.17, 15) is 9.90 Å². The first kappa shape index (κ1) is 18.5. The van der Waals surface area contributed by atoms with Crippen LogP contribution in [-0.2, 0) is 6.54 Å². The number of urea groups is 1. The molecule has 0 aromatic carbocycles. The molecule has 0 aliphatic heterocycles. The van der Waals surface area contributed by atoms with Crippen LogP contribution >= 0.6 is 0 Å². The number of aryl methyl sites for hydroxylation is 3. The van der Waals surface area contributed by atoms with Gasteiger partial charge in [-0.25, -0.2) is 4.79 Å². The van der Waals surface area contributed by atoms with Crippen molar-refractivity contribution in [2.24, 2.45) is 5.92 Å². The van der Waals surface area contributed by atoms with E-state index in [2.05, 4.69) is 15.7 Å². The average Bonchev–Trinajstić information content (AvgIpc) is 2.78. The van der Waals surface area contributed by atoms with Crippen molar-refractivity contribution >= 4 is 6.03 Å². The number of aromatic nitrogens is 2. The number of amides is 2. The van der Waals surface area contributed by atoms with Gasteiger partial charge in [0.05, 0.1) is 11.3 Å². The molecule has 0 aliphatic carbocycles. The maximum Gasteiger partial charge on any atom is 0.314 e. The van der Waals surface area contributed by atoms with Crippen molar-refractivity contribution in [3.8, 4) is 0 Å². The van der Waals surface area contributed by atoms with Gasteiger partial charge in [0.25, 0.3) is 0 Å². The minimum absolute atomic E-state index is 0.138. The molecular formula is C16H30N4O2. The highest BCUT2D eigenvalue weighted by Crippen LogP contribution is 2.18. The third kappa shape index (κ3) is 5.67. The lowest BCUT2D eigenvalue weighted by molar-refractivity contribution is 0.00791. The maximum atomic E-state index is 11.7. The van der Waals surface area contributed by atoms with Crippen molar-refractivity contribution < 1.29 is 9.90 Å². The van der Waals surface area contributed by atoms with Gasteiger partial charge in [-0.1, -0.05) is 20.3 Å². The Labute approximate surface area is 133 Å². The minimum atomic E-state index is -0.879. The molecule has 2 unspecified atom stereocenters. The summed E-state index contributed by atoms with van der Waals surface area (Å²) < 4.78 is 1.95. The van der Waals surface area contributed by atoms with Crippen LogP contribution in [0.4, 0.5) is 4.79 Å². The van der Waals surface area contributed by atoms with Crippen molar-refractivity contribution in [1.82, 2.24) is 20.4 Å². The summed E-state index contributed by atoms with van der Waals surface area (Å²) in [6, 6.07) is 1.80. The van der Waals surface area contributed by atoms with Crippen LogP contribution in [0, 0.1) is 19.8 Å². The molecule has 3 N–H and O–H groups in total. The number of hydrogen-bond acceptors (Lipinski definition) is 3. The SMILES string of the molecule is CCC(C)C(C)(O)CNC(=O)NCCCn1nc(C)cc1C. The monoisotopic (exact) mass is 310 g/mol. The molecule has 1 aromatic rings. The number of rotatable bonds is 8. The molecule has 0 spiro atoms. The molecular weight excluding hydrogens is 280 g/mol. The molecule has 0 fully saturated rings. The number of carbonyl (C=O) groups is 1. The molecule has 0 saturated heterocycles. The van der Waals surface area contributed by atoms with Crippen LogP contribution in [0.15, 0.2) is 6.07 Å². The van der Waals surface area contributed by atoms with Crippen molar-refractivity contribution in [3.05, 3.63) is 17.5 Å². The van der Waals surface area contributed by atoms with E-state index in [4.69, 9.17) is 0 Å². The molecule has 0 saturated carbocycles. The maximum absolute atomic E-state index is 11.7. The van der Waals surface area contributed by atoms with Gasteiger partial charge in [0.1, 0.15) is 0 Å². The smallest absolute Gasteiger partial charge is 0.314 e. The molecule has 6 heteroatoms. The molecule has 0 bridgehead atoms. The Morgan fingerprint density at radius 1 is 1.45 bits per heavy atom. The zero-order valence-electron chi connectivity index (χ0n) is 14.4.